The lowest BCUT2D eigenvalue weighted by Gasteiger charge is -2.15. The average molecular weight is 370 g/mol. The van der Waals surface area contributed by atoms with Crippen molar-refractivity contribution in [2.45, 2.75) is 20.4 Å². The normalized spacial score (nSPS) is 10.4. The molecule has 0 aromatic heterocycles. The van der Waals surface area contributed by atoms with E-state index in [1.165, 1.54) is 0 Å². The van der Waals surface area contributed by atoms with E-state index < -0.39 is 0 Å². The summed E-state index contributed by atoms with van der Waals surface area (Å²) in [6, 6.07) is 9.34. The van der Waals surface area contributed by atoms with Crippen molar-refractivity contribution in [1.29, 1.82) is 0 Å². The van der Waals surface area contributed by atoms with E-state index in [2.05, 4.69) is 5.32 Å². The first-order valence-electron chi connectivity index (χ1n) is 7.74. The predicted molar refractivity (Wildman–Crippen MR) is 99.1 cm³/mol. The molecule has 0 aliphatic carbocycles. The molecule has 1 N–H and O–H groups in total. The van der Waals surface area contributed by atoms with Gasteiger partial charge in [-0.15, -0.1) is 0 Å². The van der Waals surface area contributed by atoms with Gasteiger partial charge >= 0.3 is 0 Å². The van der Waals surface area contributed by atoms with Crippen molar-refractivity contribution in [2.75, 3.05) is 25.6 Å². The van der Waals surface area contributed by atoms with Crippen LogP contribution in [0.15, 0.2) is 30.3 Å². The van der Waals surface area contributed by atoms with Crippen molar-refractivity contribution < 1.29 is 14.2 Å². The van der Waals surface area contributed by atoms with Gasteiger partial charge in [0.25, 0.3) is 0 Å². The number of rotatable bonds is 8. The van der Waals surface area contributed by atoms with Crippen LogP contribution in [0.25, 0.3) is 0 Å². The first kappa shape index (κ1) is 18.6. The number of anilines is 1. The molecule has 4 nitrogen and oxygen atoms in total. The topological polar surface area (TPSA) is 39.7 Å². The Hall–Kier alpha value is -1.78. The lowest BCUT2D eigenvalue weighted by Crippen LogP contribution is -2.03. The molecule has 24 heavy (non-hydrogen) atoms. The van der Waals surface area contributed by atoms with Gasteiger partial charge in [-0.3, -0.25) is 0 Å². The Morgan fingerprint density at radius 1 is 0.917 bits per heavy atom. The first-order chi connectivity index (χ1) is 11.6. The highest BCUT2D eigenvalue weighted by atomic mass is 35.5. The standard InChI is InChI=1S/C18H21Cl2NO3/c1-4-23-17-9-12(8-15(20)18(17)24-5-2)11-21-13-6-7-16(22-3)14(19)10-13/h6-10,21H,4-5,11H2,1-3H3. The maximum atomic E-state index is 6.33. The van der Waals surface area contributed by atoms with Crippen LogP contribution in [0.1, 0.15) is 19.4 Å². The van der Waals surface area contributed by atoms with E-state index in [9.17, 15) is 0 Å². The molecule has 0 amide bonds. The fraction of sp³-hybridized carbons (Fsp3) is 0.333. The highest BCUT2D eigenvalue weighted by Crippen LogP contribution is 2.37. The molecular weight excluding hydrogens is 349 g/mol. The van der Waals surface area contributed by atoms with Gasteiger partial charge in [0.15, 0.2) is 11.5 Å². The molecule has 0 spiro atoms. The maximum Gasteiger partial charge on any atom is 0.179 e. The van der Waals surface area contributed by atoms with Crippen LogP contribution < -0.4 is 19.5 Å². The zero-order chi connectivity index (χ0) is 17.5. The lowest BCUT2D eigenvalue weighted by atomic mass is 10.2. The molecule has 0 saturated carbocycles. The molecule has 0 aliphatic heterocycles. The molecular formula is C18H21Cl2NO3. The van der Waals surface area contributed by atoms with Crippen LogP contribution in [0.5, 0.6) is 17.2 Å². The Balaban J connectivity index is 2.16. The third kappa shape index (κ3) is 4.62. The summed E-state index contributed by atoms with van der Waals surface area (Å²) in [4.78, 5) is 0. The number of benzene rings is 2. The van der Waals surface area contributed by atoms with E-state index in [1.807, 2.05) is 44.2 Å². The number of ether oxygens (including phenoxy) is 3. The molecule has 0 heterocycles. The van der Waals surface area contributed by atoms with Crippen molar-refractivity contribution in [3.8, 4) is 17.2 Å². The van der Waals surface area contributed by atoms with Gasteiger partial charge < -0.3 is 19.5 Å². The van der Waals surface area contributed by atoms with Gasteiger partial charge in [-0.25, -0.2) is 0 Å². The Kier molecular flexibility index (Phi) is 6.88. The summed E-state index contributed by atoms with van der Waals surface area (Å²) in [5, 5.41) is 4.40. The largest absolute Gasteiger partial charge is 0.495 e. The van der Waals surface area contributed by atoms with E-state index in [4.69, 9.17) is 37.4 Å². The molecule has 0 bridgehead atoms. The molecule has 6 heteroatoms. The number of hydrogen-bond acceptors (Lipinski definition) is 4. The third-order valence-electron chi connectivity index (χ3n) is 3.31. The van der Waals surface area contributed by atoms with E-state index in [1.54, 1.807) is 7.11 Å². The van der Waals surface area contributed by atoms with Gasteiger partial charge in [-0.2, -0.15) is 0 Å². The molecule has 0 unspecified atom stereocenters. The summed E-state index contributed by atoms with van der Waals surface area (Å²) >= 11 is 12.5. The first-order valence-corrected chi connectivity index (χ1v) is 8.50. The monoisotopic (exact) mass is 369 g/mol. The van der Waals surface area contributed by atoms with Gasteiger partial charge in [0.1, 0.15) is 5.75 Å². The van der Waals surface area contributed by atoms with Crippen LogP contribution in [0.4, 0.5) is 5.69 Å². The minimum Gasteiger partial charge on any atom is -0.495 e. The molecule has 0 atom stereocenters. The quantitative estimate of drug-likeness (QED) is 0.674. The van der Waals surface area contributed by atoms with Crippen LogP contribution >= 0.6 is 23.2 Å². The number of halogens is 2. The maximum absolute atomic E-state index is 6.33. The molecule has 2 rings (SSSR count). The minimum atomic E-state index is 0.530. The lowest BCUT2D eigenvalue weighted by molar-refractivity contribution is 0.287. The summed E-state index contributed by atoms with van der Waals surface area (Å²) in [5.41, 5.74) is 1.88. The zero-order valence-corrected chi connectivity index (χ0v) is 15.5. The van der Waals surface area contributed by atoms with Gasteiger partial charge in [0.05, 0.1) is 30.4 Å². The Morgan fingerprint density at radius 2 is 1.67 bits per heavy atom. The fourth-order valence-corrected chi connectivity index (χ4v) is 2.80. The Bertz CT molecular complexity index is 692. The summed E-state index contributed by atoms with van der Waals surface area (Å²) in [6.07, 6.45) is 0. The van der Waals surface area contributed by atoms with Crippen molar-refractivity contribution >= 4 is 28.9 Å². The van der Waals surface area contributed by atoms with Gasteiger partial charge in [0.2, 0.25) is 0 Å². The highest BCUT2D eigenvalue weighted by Gasteiger charge is 2.12. The van der Waals surface area contributed by atoms with Gasteiger partial charge in [0, 0.05) is 12.2 Å². The zero-order valence-electron chi connectivity index (χ0n) is 14.0. The van der Waals surface area contributed by atoms with Crippen molar-refractivity contribution in [2.24, 2.45) is 0 Å². The van der Waals surface area contributed by atoms with E-state index >= 15 is 0 Å². The Labute approximate surface area is 152 Å². The number of nitrogens with one attached hydrogen (secondary N) is 1. The smallest absolute Gasteiger partial charge is 0.179 e. The average Bonchev–Trinajstić information content (AvgIpc) is 2.56. The number of methoxy groups -OCH3 is 1. The van der Waals surface area contributed by atoms with Crippen LogP contribution in [0.3, 0.4) is 0 Å². The van der Waals surface area contributed by atoms with Crippen LogP contribution in [0, 0.1) is 0 Å². The Morgan fingerprint density at radius 3 is 2.29 bits per heavy atom. The van der Waals surface area contributed by atoms with Crippen molar-refractivity contribution in [3.63, 3.8) is 0 Å². The predicted octanol–water partition coefficient (Wildman–Crippen LogP) is 5.41. The summed E-state index contributed by atoms with van der Waals surface area (Å²) in [5.74, 6) is 1.87. The number of hydrogen-bond donors (Lipinski definition) is 1. The molecule has 0 saturated heterocycles. The van der Waals surface area contributed by atoms with Crippen molar-refractivity contribution in [1.82, 2.24) is 0 Å². The third-order valence-corrected chi connectivity index (χ3v) is 3.88. The molecule has 2 aromatic carbocycles. The highest BCUT2D eigenvalue weighted by molar-refractivity contribution is 6.32. The van der Waals surface area contributed by atoms with Crippen LogP contribution in [-0.2, 0) is 6.54 Å². The van der Waals surface area contributed by atoms with E-state index in [0.717, 1.165) is 11.3 Å². The SMILES string of the molecule is CCOc1cc(CNc2ccc(OC)c(Cl)c2)cc(Cl)c1OCC. The molecule has 0 aliphatic rings. The summed E-state index contributed by atoms with van der Waals surface area (Å²) < 4.78 is 16.4. The molecule has 2 aromatic rings. The van der Waals surface area contributed by atoms with Crippen molar-refractivity contribution in [3.05, 3.63) is 45.9 Å². The molecule has 0 radical (unpaired) electrons. The molecule has 130 valence electrons. The van der Waals surface area contributed by atoms with Gasteiger partial charge in [-0.05, 0) is 49.7 Å². The minimum absolute atomic E-state index is 0.530. The van der Waals surface area contributed by atoms with Gasteiger partial charge in [-0.1, -0.05) is 23.2 Å². The molecule has 0 fully saturated rings. The second-order valence-electron chi connectivity index (χ2n) is 4.97. The second kappa shape index (κ2) is 8.90. The van der Waals surface area contributed by atoms with E-state index in [0.29, 0.717) is 47.1 Å². The van der Waals surface area contributed by atoms with Crippen LogP contribution in [0.2, 0.25) is 10.0 Å². The van der Waals surface area contributed by atoms with E-state index in [-0.39, 0.29) is 0 Å². The summed E-state index contributed by atoms with van der Waals surface area (Å²) in [7, 11) is 1.59. The second-order valence-corrected chi connectivity index (χ2v) is 5.79. The summed E-state index contributed by atoms with van der Waals surface area (Å²) in [6.45, 7) is 5.49. The fourth-order valence-electron chi connectivity index (χ4n) is 2.25. The van der Waals surface area contributed by atoms with Crippen LogP contribution in [-0.4, -0.2) is 20.3 Å².